The Labute approximate surface area is 89.1 Å². The number of carbonyl (C=O) groups excluding carboxylic acids is 1. The lowest BCUT2D eigenvalue weighted by atomic mass is 10.1. The second-order valence-electron chi connectivity index (χ2n) is 3.65. The number of benzene rings is 1. The van der Waals surface area contributed by atoms with Crippen molar-refractivity contribution in [1.29, 1.82) is 0 Å². The minimum atomic E-state index is -0.266. The number of aliphatic hydroxyl groups excluding tert-OH is 1. The first-order valence-electron chi connectivity index (χ1n) is 4.82. The summed E-state index contributed by atoms with van der Waals surface area (Å²) >= 11 is 0. The zero-order valence-electron chi connectivity index (χ0n) is 8.95. The van der Waals surface area contributed by atoms with Crippen LogP contribution in [0.2, 0.25) is 0 Å². The van der Waals surface area contributed by atoms with Gasteiger partial charge in [0.25, 0.3) is 5.91 Å². The van der Waals surface area contributed by atoms with E-state index in [2.05, 4.69) is 5.32 Å². The number of nitrogens with one attached hydrogen (secondary N) is 1. The molecule has 1 amide bonds. The molecule has 1 unspecified atom stereocenters. The number of anilines is 1. The summed E-state index contributed by atoms with van der Waals surface area (Å²) < 4.78 is 0. The molecule has 1 aromatic rings. The summed E-state index contributed by atoms with van der Waals surface area (Å²) in [6.07, 6.45) is 0. The lowest BCUT2D eigenvalue weighted by molar-refractivity contribution is 0.0923. The van der Waals surface area contributed by atoms with E-state index in [1.807, 2.05) is 13.0 Å². The highest BCUT2D eigenvalue weighted by molar-refractivity contribution is 5.99. The number of aliphatic hydroxyl groups is 1. The molecule has 1 rings (SSSR count). The summed E-state index contributed by atoms with van der Waals surface area (Å²) in [5, 5.41) is 11.5. The quantitative estimate of drug-likeness (QED) is 0.640. The van der Waals surface area contributed by atoms with Crippen molar-refractivity contribution in [3.63, 3.8) is 0 Å². The topological polar surface area (TPSA) is 75.4 Å². The minimum absolute atomic E-state index is 0.0859. The van der Waals surface area contributed by atoms with Gasteiger partial charge < -0.3 is 16.2 Å². The normalized spacial score (nSPS) is 12.2. The minimum Gasteiger partial charge on any atom is -0.398 e. The number of carbonyl (C=O) groups is 1. The maximum Gasteiger partial charge on any atom is 0.253 e. The van der Waals surface area contributed by atoms with E-state index in [4.69, 9.17) is 10.8 Å². The third-order valence-electron chi connectivity index (χ3n) is 2.10. The van der Waals surface area contributed by atoms with Gasteiger partial charge in [0.2, 0.25) is 0 Å². The molecular weight excluding hydrogens is 192 g/mol. The van der Waals surface area contributed by atoms with Gasteiger partial charge in [0, 0.05) is 11.7 Å². The maximum absolute atomic E-state index is 11.7. The molecule has 4 N–H and O–H groups in total. The van der Waals surface area contributed by atoms with E-state index in [0.717, 1.165) is 5.56 Å². The van der Waals surface area contributed by atoms with Crippen LogP contribution in [-0.2, 0) is 0 Å². The first-order valence-corrected chi connectivity index (χ1v) is 4.82. The van der Waals surface area contributed by atoms with Gasteiger partial charge in [0.05, 0.1) is 12.2 Å². The summed E-state index contributed by atoms with van der Waals surface area (Å²) in [7, 11) is 0. The zero-order chi connectivity index (χ0) is 11.4. The lowest BCUT2D eigenvalue weighted by Gasteiger charge is -2.12. The Hall–Kier alpha value is -1.55. The second-order valence-corrected chi connectivity index (χ2v) is 3.65. The fraction of sp³-hybridized carbons (Fsp3) is 0.364. The molecular formula is C11H16N2O2. The molecule has 0 saturated heterocycles. The number of nitrogen functional groups attached to an aromatic ring is 1. The van der Waals surface area contributed by atoms with Crippen LogP contribution in [0, 0.1) is 6.92 Å². The van der Waals surface area contributed by atoms with Gasteiger partial charge in [-0.3, -0.25) is 4.79 Å². The van der Waals surface area contributed by atoms with E-state index < -0.39 is 0 Å². The molecule has 1 aromatic carbocycles. The van der Waals surface area contributed by atoms with Gasteiger partial charge in [-0.05, 0) is 26.0 Å². The van der Waals surface area contributed by atoms with Crippen LogP contribution in [0.3, 0.4) is 0 Å². The van der Waals surface area contributed by atoms with E-state index in [1.54, 1.807) is 19.1 Å². The molecule has 82 valence electrons. The van der Waals surface area contributed by atoms with Crippen LogP contribution in [-0.4, -0.2) is 23.7 Å². The molecule has 0 radical (unpaired) electrons. The fourth-order valence-corrected chi connectivity index (χ4v) is 1.21. The van der Waals surface area contributed by atoms with Crippen molar-refractivity contribution in [3.05, 3.63) is 29.3 Å². The van der Waals surface area contributed by atoms with Crippen LogP contribution in [0.5, 0.6) is 0 Å². The van der Waals surface area contributed by atoms with Gasteiger partial charge >= 0.3 is 0 Å². The van der Waals surface area contributed by atoms with Crippen LogP contribution in [0.15, 0.2) is 18.2 Å². The second kappa shape index (κ2) is 4.79. The molecule has 15 heavy (non-hydrogen) atoms. The average Bonchev–Trinajstić information content (AvgIpc) is 2.21. The van der Waals surface area contributed by atoms with E-state index >= 15 is 0 Å². The van der Waals surface area contributed by atoms with Crippen LogP contribution in [0.1, 0.15) is 22.8 Å². The summed E-state index contributed by atoms with van der Waals surface area (Å²) in [5.74, 6) is -0.252. The van der Waals surface area contributed by atoms with Crippen molar-refractivity contribution in [2.24, 2.45) is 0 Å². The molecule has 0 spiro atoms. The first kappa shape index (κ1) is 11.5. The van der Waals surface area contributed by atoms with Crippen molar-refractivity contribution in [2.75, 3.05) is 12.3 Å². The predicted octanol–water partition coefficient (Wildman–Crippen LogP) is 0.688. The van der Waals surface area contributed by atoms with Crippen LogP contribution in [0.25, 0.3) is 0 Å². The summed E-state index contributed by atoms with van der Waals surface area (Å²) in [5.41, 5.74) is 7.56. The Bertz CT molecular complexity index is 364. The van der Waals surface area contributed by atoms with Crippen LogP contribution < -0.4 is 11.1 Å². The van der Waals surface area contributed by atoms with Gasteiger partial charge in [0.15, 0.2) is 0 Å². The molecule has 0 saturated carbocycles. The Balaban J connectivity index is 2.86. The van der Waals surface area contributed by atoms with E-state index in [0.29, 0.717) is 11.3 Å². The van der Waals surface area contributed by atoms with Crippen LogP contribution >= 0.6 is 0 Å². The molecule has 0 heterocycles. The lowest BCUT2D eigenvalue weighted by Crippen LogP contribution is -2.35. The smallest absolute Gasteiger partial charge is 0.253 e. The third kappa shape index (κ3) is 2.95. The Morgan fingerprint density at radius 2 is 2.27 bits per heavy atom. The number of hydrogen-bond acceptors (Lipinski definition) is 3. The highest BCUT2D eigenvalue weighted by atomic mass is 16.3. The number of hydrogen-bond donors (Lipinski definition) is 3. The predicted molar refractivity (Wildman–Crippen MR) is 59.6 cm³/mol. The Morgan fingerprint density at radius 3 is 2.87 bits per heavy atom. The zero-order valence-corrected chi connectivity index (χ0v) is 8.95. The van der Waals surface area contributed by atoms with Crippen molar-refractivity contribution in [3.8, 4) is 0 Å². The standard InChI is InChI=1S/C11H16N2O2/c1-7-3-4-10(12)9(5-7)11(15)13-8(2)6-14/h3-5,8,14H,6,12H2,1-2H3,(H,13,15). The molecule has 4 heteroatoms. The largest absolute Gasteiger partial charge is 0.398 e. The van der Waals surface area contributed by atoms with Crippen LogP contribution in [0.4, 0.5) is 5.69 Å². The molecule has 0 fully saturated rings. The SMILES string of the molecule is Cc1ccc(N)c(C(=O)NC(C)CO)c1. The van der Waals surface area contributed by atoms with Crippen molar-refractivity contribution in [1.82, 2.24) is 5.32 Å². The fourth-order valence-electron chi connectivity index (χ4n) is 1.21. The molecule has 0 aliphatic heterocycles. The van der Waals surface area contributed by atoms with E-state index in [-0.39, 0.29) is 18.6 Å². The molecule has 0 bridgehead atoms. The number of nitrogens with two attached hydrogens (primary N) is 1. The monoisotopic (exact) mass is 208 g/mol. The van der Waals surface area contributed by atoms with Gasteiger partial charge in [-0.15, -0.1) is 0 Å². The van der Waals surface area contributed by atoms with Gasteiger partial charge in [-0.2, -0.15) is 0 Å². The summed E-state index contributed by atoms with van der Waals surface area (Å²) in [6, 6.07) is 5.02. The van der Waals surface area contributed by atoms with Crippen molar-refractivity contribution in [2.45, 2.75) is 19.9 Å². The summed E-state index contributed by atoms with van der Waals surface area (Å²) in [6.45, 7) is 3.53. The highest BCUT2D eigenvalue weighted by Crippen LogP contribution is 2.13. The first-order chi connectivity index (χ1) is 7.04. The summed E-state index contributed by atoms with van der Waals surface area (Å²) in [4.78, 5) is 11.7. The van der Waals surface area contributed by atoms with E-state index in [1.165, 1.54) is 0 Å². The average molecular weight is 208 g/mol. The Kier molecular flexibility index (Phi) is 3.68. The third-order valence-corrected chi connectivity index (χ3v) is 2.10. The van der Waals surface area contributed by atoms with E-state index in [9.17, 15) is 4.79 Å². The molecule has 4 nitrogen and oxygen atoms in total. The van der Waals surface area contributed by atoms with Gasteiger partial charge in [-0.25, -0.2) is 0 Å². The highest BCUT2D eigenvalue weighted by Gasteiger charge is 2.11. The molecule has 0 aliphatic carbocycles. The molecule has 1 atom stereocenters. The van der Waals surface area contributed by atoms with Gasteiger partial charge in [0.1, 0.15) is 0 Å². The van der Waals surface area contributed by atoms with Gasteiger partial charge in [-0.1, -0.05) is 11.6 Å². The Morgan fingerprint density at radius 1 is 1.60 bits per heavy atom. The molecule has 0 aliphatic rings. The number of amides is 1. The number of rotatable bonds is 3. The van der Waals surface area contributed by atoms with Crippen molar-refractivity contribution >= 4 is 11.6 Å². The molecule has 0 aromatic heterocycles. The number of aryl methyl sites for hydroxylation is 1. The van der Waals surface area contributed by atoms with Crippen molar-refractivity contribution < 1.29 is 9.90 Å². The maximum atomic E-state index is 11.7.